The monoisotopic (exact) mass is 346 g/mol. The lowest BCUT2D eigenvalue weighted by molar-refractivity contribution is 0.404. The Hall–Kier alpha value is -3.60. The first kappa shape index (κ1) is 15.9. The van der Waals surface area contributed by atoms with Crippen molar-refractivity contribution in [2.45, 2.75) is 0 Å². The number of phenols is 2. The van der Waals surface area contributed by atoms with Crippen molar-refractivity contribution in [3.63, 3.8) is 0 Å². The van der Waals surface area contributed by atoms with Crippen molar-refractivity contribution < 1.29 is 14.6 Å². The molecule has 0 radical (unpaired) electrons. The van der Waals surface area contributed by atoms with Gasteiger partial charge in [-0.1, -0.05) is 30.3 Å². The van der Waals surface area contributed by atoms with Crippen LogP contribution in [0.3, 0.4) is 0 Å². The number of hydrogen-bond donors (Lipinski definition) is 3. The largest absolute Gasteiger partial charge is 0.504 e. The lowest BCUT2D eigenvalue weighted by Gasteiger charge is -2.03. The maximum absolute atomic E-state index is 13.3. The second-order valence-corrected chi connectivity index (χ2v) is 5.89. The van der Waals surface area contributed by atoms with Crippen LogP contribution in [0.4, 0.5) is 4.39 Å². The molecule has 0 unspecified atom stereocenters. The van der Waals surface area contributed by atoms with Crippen molar-refractivity contribution in [3.8, 4) is 45.4 Å². The summed E-state index contributed by atoms with van der Waals surface area (Å²) in [6.07, 6.45) is 0. The minimum absolute atomic E-state index is 0.192. The van der Waals surface area contributed by atoms with Crippen LogP contribution in [0.15, 0.2) is 72.8 Å². The van der Waals surface area contributed by atoms with Crippen LogP contribution in [0, 0.1) is 5.82 Å². The smallest absolute Gasteiger partial charge is 0.158 e. The number of aromatic amines is 1. The van der Waals surface area contributed by atoms with Crippen LogP contribution in [0.1, 0.15) is 0 Å². The van der Waals surface area contributed by atoms with Crippen LogP contribution < -0.4 is 0 Å². The number of nitrogens with zero attached hydrogens (tertiary/aromatic N) is 1. The lowest BCUT2D eigenvalue weighted by atomic mass is 10.1. The molecule has 1 heterocycles. The molecule has 0 bridgehead atoms. The molecule has 4 aromatic rings. The van der Waals surface area contributed by atoms with Crippen LogP contribution in [-0.2, 0) is 0 Å². The van der Waals surface area contributed by atoms with Crippen molar-refractivity contribution in [2.24, 2.45) is 0 Å². The Morgan fingerprint density at radius 3 is 2.12 bits per heavy atom. The fraction of sp³-hybridized carbons (Fsp3) is 0. The van der Waals surface area contributed by atoms with Crippen LogP contribution in [0.2, 0.25) is 0 Å². The molecule has 5 heteroatoms. The van der Waals surface area contributed by atoms with Crippen molar-refractivity contribution in [3.05, 3.63) is 78.6 Å². The first-order valence-electron chi connectivity index (χ1n) is 8.05. The molecule has 4 rings (SSSR count). The molecule has 0 aliphatic carbocycles. The Morgan fingerprint density at radius 1 is 0.731 bits per heavy atom. The minimum Gasteiger partial charge on any atom is -0.504 e. The summed E-state index contributed by atoms with van der Waals surface area (Å²) in [5.41, 5.74) is 3.81. The highest BCUT2D eigenvalue weighted by Crippen LogP contribution is 2.35. The Kier molecular flexibility index (Phi) is 3.89. The van der Waals surface area contributed by atoms with Gasteiger partial charge in [0.25, 0.3) is 0 Å². The molecule has 3 N–H and O–H groups in total. The molecule has 0 atom stereocenters. The van der Waals surface area contributed by atoms with E-state index in [1.165, 1.54) is 24.3 Å². The van der Waals surface area contributed by atoms with Crippen molar-refractivity contribution in [2.75, 3.05) is 0 Å². The Morgan fingerprint density at radius 2 is 1.42 bits per heavy atom. The normalized spacial score (nSPS) is 10.8. The highest BCUT2D eigenvalue weighted by atomic mass is 19.1. The van der Waals surface area contributed by atoms with Gasteiger partial charge in [-0.15, -0.1) is 0 Å². The number of imidazole rings is 1. The zero-order valence-corrected chi connectivity index (χ0v) is 13.6. The van der Waals surface area contributed by atoms with Crippen LogP contribution in [0.5, 0.6) is 11.5 Å². The predicted molar refractivity (Wildman–Crippen MR) is 98.2 cm³/mol. The molecule has 0 saturated carbocycles. The van der Waals surface area contributed by atoms with Crippen LogP contribution >= 0.6 is 0 Å². The molecular formula is C21H15FN2O2. The van der Waals surface area contributed by atoms with Gasteiger partial charge < -0.3 is 15.2 Å². The maximum atomic E-state index is 13.3. The number of benzene rings is 3. The van der Waals surface area contributed by atoms with E-state index >= 15 is 0 Å². The predicted octanol–water partition coefficient (Wildman–Crippen LogP) is 4.96. The zero-order chi connectivity index (χ0) is 18.1. The Labute approximate surface area is 149 Å². The van der Waals surface area contributed by atoms with Gasteiger partial charge in [-0.3, -0.25) is 0 Å². The first-order chi connectivity index (χ1) is 12.6. The van der Waals surface area contributed by atoms with E-state index in [0.29, 0.717) is 17.1 Å². The zero-order valence-electron chi connectivity index (χ0n) is 13.6. The fourth-order valence-electron chi connectivity index (χ4n) is 2.81. The molecule has 0 aliphatic heterocycles. The first-order valence-corrected chi connectivity index (χ1v) is 8.05. The van der Waals surface area contributed by atoms with Gasteiger partial charge in [-0.25, -0.2) is 9.37 Å². The Balaban J connectivity index is 1.90. The molecule has 0 fully saturated rings. The van der Waals surface area contributed by atoms with Gasteiger partial charge >= 0.3 is 0 Å². The number of H-pyrrole nitrogens is 1. The summed E-state index contributed by atoms with van der Waals surface area (Å²) in [6, 6.07) is 20.4. The third kappa shape index (κ3) is 2.91. The van der Waals surface area contributed by atoms with Gasteiger partial charge in [0.15, 0.2) is 11.5 Å². The number of aromatic hydroxyl groups is 2. The molecule has 0 amide bonds. The van der Waals surface area contributed by atoms with Crippen LogP contribution in [0.25, 0.3) is 33.9 Å². The third-order valence-electron chi connectivity index (χ3n) is 4.13. The summed E-state index contributed by atoms with van der Waals surface area (Å²) in [5.74, 6) is -0.182. The summed E-state index contributed by atoms with van der Waals surface area (Å²) in [4.78, 5) is 7.93. The molecule has 26 heavy (non-hydrogen) atoms. The summed E-state index contributed by atoms with van der Waals surface area (Å²) in [7, 11) is 0. The third-order valence-corrected chi connectivity index (χ3v) is 4.13. The SMILES string of the molecule is Oc1ccc(-c2nc(-c3ccc(F)cc3)c(-c3ccccc3)[nH]2)cc1O. The Bertz CT molecular complexity index is 1060. The molecule has 0 spiro atoms. The average molecular weight is 346 g/mol. The summed E-state index contributed by atoms with van der Waals surface area (Å²) in [6.45, 7) is 0. The van der Waals surface area contributed by atoms with E-state index in [1.807, 2.05) is 30.3 Å². The highest BCUT2D eigenvalue weighted by Gasteiger charge is 2.16. The van der Waals surface area contributed by atoms with E-state index in [-0.39, 0.29) is 17.3 Å². The van der Waals surface area contributed by atoms with E-state index in [4.69, 9.17) is 0 Å². The van der Waals surface area contributed by atoms with Gasteiger partial charge in [-0.2, -0.15) is 0 Å². The molecule has 128 valence electrons. The lowest BCUT2D eigenvalue weighted by Crippen LogP contribution is -1.84. The molecular weight excluding hydrogens is 331 g/mol. The molecule has 4 nitrogen and oxygen atoms in total. The van der Waals surface area contributed by atoms with Gasteiger partial charge in [0.1, 0.15) is 11.6 Å². The highest BCUT2D eigenvalue weighted by molar-refractivity contribution is 5.81. The topological polar surface area (TPSA) is 69.1 Å². The number of nitrogens with one attached hydrogen (secondary N) is 1. The number of phenolic OH excluding ortho intramolecular Hbond substituents is 2. The molecule has 0 saturated heterocycles. The minimum atomic E-state index is -0.311. The van der Waals surface area contributed by atoms with Gasteiger partial charge in [0.2, 0.25) is 0 Å². The average Bonchev–Trinajstić information content (AvgIpc) is 3.11. The van der Waals surface area contributed by atoms with E-state index in [2.05, 4.69) is 9.97 Å². The summed E-state index contributed by atoms with van der Waals surface area (Å²) >= 11 is 0. The van der Waals surface area contributed by atoms with E-state index < -0.39 is 0 Å². The molecule has 3 aromatic carbocycles. The number of halogens is 1. The van der Waals surface area contributed by atoms with Gasteiger partial charge in [0, 0.05) is 16.7 Å². The van der Waals surface area contributed by atoms with Crippen molar-refractivity contribution >= 4 is 0 Å². The molecule has 1 aromatic heterocycles. The summed E-state index contributed by atoms with van der Waals surface area (Å²) in [5, 5.41) is 19.3. The molecule has 0 aliphatic rings. The van der Waals surface area contributed by atoms with E-state index in [9.17, 15) is 14.6 Å². The van der Waals surface area contributed by atoms with Crippen LogP contribution in [-0.4, -0.2) is 20.2 Å². The number of hydrogen-bond acceptors (Lipinski definition) is 3. The van der Waals surface area contributed by atoms with E-state index in [0.717, 1.165) is 16.8 Å². The second kappa shape index (κ2) is 6.37. The standard InChI is InChI=1S/C21H15FN2O2/c22-16-9-6-14(7-10-16)20-19(13-4-2-1-3-5-13)23-21(24-20)15-8-11-17(25)18(26)12-15/h1-12,25-26H,(H,23,24). The number of aromatic nitrogens is 2. The quantitative estimate of drug-likeness (QED) is 0.459. The van der Waals surface area contributed by atoms with Crippen molar-refractivity contribution in [1.82, 2.24) is 9.97 Å². The maximum Gasteiger partial charge on any atom is 0.158 e. The second-order valence-electron chi connectivity index (χ2n) is 5.89. The van der Waals surface area contributed by atoms with E-state index in [1.54, 1.807) is 18.2 Å². The van der Waals surface area contributed by atoms with Gasteiger partial charge in [-0.05, 0) is 42.5 Å². The van der Waals surface area contributed by atoms with Crippen molar-refractivity contribution in [1.29, 1.82) is 0 Å². The number of rotatable bonds is 3. The summed E-state index contributed by atoms with van der Waals surface area (Å²) < 4.78 is 13.3. The fourth-order valence-corrected chi connectivity index (χ4v) is 2.81. The van der Waals surface area contributed by atoms with Gasteiger partial charge in [0.05, 0.1) is 11.4 Å².